The highest BCUT2D eigenvalue weighted by Crippen LogP contribution is 2.49. The molecule has 0 fully saturated rings. The Morgan fingerprint density at radius 2 is 1.75 bits per heavy atom. The van der Waals surface area contributed by atoms with Crippen LogP contribution in [0.25, 0.3) is 0 Å². The first-order chi connectivity index (χ1) is 7.70. The van der Waals surface area contributed by atoms with Gasteiger partial charge in [0.1, 0.15) is 0 Å². The predicted molar refractivity (Wildman–Crippen MR) is 71.6 cm³/mol. The van der Waals surface area contributed by atoms with Crippen molar-refractivity contribution in [3.63, 3.8) is 0 Å². The maximum Gasteiger partial charge on any atom is 0.308 e. The van der Waals surface area contributed by atoms with E-state index < -0.39 is 6.64 Å². The summed E-state index contributed by atoms with van der Waals surface area (Å²) in [4.78, 5) is 0. The lowest BCUT2D eigenvalue weighted by Gasteiger charge is -2.15. The molecule has 0 spiro atoms. The smallest absolute Gasteiger partial charge is 0.308 e. The van der Waals surface area contributed by atoms with E-state index >= 15 is 0 Å². The van der Waals surface area contributed by atoms with Crippen LogP contribution in [0.5, 0.6) is 0 Å². The maximum absolute atomic E-state index is 5.40. The molecule has 0 amide bonds. The SMILES string of the molecule is CCOP(=S)(/N=C/c1ccccc1)OCC. The Balaban J connectivity index is 2.75. The number of nitrogens with zero attached hydrogens (tertiary/aromatic N) is 1. The Morgan fingerprint density at radius 1 is 1.19 bits per heavy atom. The second-order valence-electron chi connectivity index (χ2n) is 2.96. The second-order valence-corrected chi connectivity index (χ2v) is 6.03. The number of rotatable bonds is 6. The number of benzene rings is 1. The van der Waals surface area contributed by atoms with Gasteiger partial charge in [-0.2, -0.15) is 0 Å². The molecule has 3 nitrogen and oxygen atoms in total. The van der Waals surface area contributed by atoms with E-state index in [-0.39, 0.29) is 0 Å². The minimum absolute atomic E-state index is 0.517. The fourth-order valence-electron chi connectivity index (χ4n) is 1.11. The third-order valence-electron chi connectivity index (χ3n) is 1.73. The van der Waals surface area contributed by atoms with E-state index in [1.165, 1.54) is 0 Å². The minimum Gasteiger partial charge on any atom is -0.313 e. The van der Waals surface area contributed by atoms with Crippen LogP contribution in [-0.2, 0) is 20.9 Å². The highest BCUT2D eigenvalue weighted by molar-refractivity contribution is 8.09. The third kappa shape index (κ3) is 4.54. The van der Waals surface area contributed by atoms with Gasteiger partial charge in [0, 0.05) is 6.21 Å². The molecular formula is C11H16NO2PS. The summed E-state index contributed by atoms with van der Waals surface area (Å²) in [6.45, 7) is 2.33. The van der Waals surface area contributed by atoms with Gasteiger partial charge in [0.15, 0.2) is 0 Å². The average molecular weight is 257 g/mol. The van der Waals surface area contributed by atoms with E-state index in [9.17, 15) is 0 Å². The van der Waals surface area contributed by atoms with Crippen LogP contribution in [0, 0.1) is 0 Å². The van der Waals surface area contributed by atoms with E-state index in [0.29, 0.717) is 13.2 Å². The van der Waals surface area contributed by atoms with Gasteiger partial charge in [-0.1, -0.05) is 30.3 Å². The quantitative estimate of drug-likeness (QED) is 0.578. The van der Waals surface area contributed by atoms with Crippen molar-refractivity contribution in [1.29, 1.82) is 0 Å². The van der Waals surface area contributed by atoms with Crippen LogP contribution in [0.15, 0.2) is 35.1 Å². The molecule has 0 radical (unpaired) electrons. The van der Waals surface area contributed by atoms with Gasteiger partial charge in [0.25, 0.3) is 0 Å². The Morgan fingerprint density at radius 3 is 2.25 bits per heavy atom. The van der Waals surface area contributed by atoms with Crippen LogP contribution in [0.2, 0.25) is 0 Å². The average Bonchev–Trinajstić information content (AvgIpc) is 2.29. The molecule has 0 heterocycles. The summed E-state index contributed by atoms with van der Waals surface area (Å²) >= 11 is 5.27. The molecule has 0 unspecified atom stereocenters. The minimum atomic E-state index is -2.48. The highest BCUT2D eigenvalue weighted by atomic mass is 32.5. The first-order valence-electron chi connectivity index (χ1n) is 5.20. The Kier molecular flexibility index (Phi) is 5.85. The largest absolute Gasteiger partial charge is 0.313 e. The molecule has 1 aromatic rings. The van der Waals surface area contributed by atoms with Crippen molar-refractivity contribution in [3.8, 4) is 0 Å². The Bertz CT molecular complexity index is 371. The van der Waals surface area contributed by atoms with Crippen molar-refractivity contribution in [1.82, 2.24) is 0 Å². The van der Waals surface area contributed by atoms with Gasteiger partial charge in [-0.15, -0.1) is 0 Å². The molecule has 5 heteroatoms. The molecule has 0 aliphatic heterocycles. The van der Waals surface area contributed by atoms with Gasteiger partial charge in [0.2, 0.25) is 0 Å². The van der Waals surface area contributed by atoms with Crippen LogP contribution in [0.3, 0.4) is 0 Å². The van der Waals surface area contributed by atoms with Crippen LogP contribution < -0.4 is 0 Å². The topological polar surface area (TPSA) is 30.8 Å². The van der Waals surface area contributed by atoms with E-state index in [2.05, 4.69) is 4.76 Å². The molecular weight excluding hydrogens is 241 g/mol. The Hall–Kier alpha value is -0.540. The lowest BCUT2D eigenvalue weighted by molar-refractivity contribution is 0.268. The number of hydrogen-bond acceptors (Lipinski definition) is 3. The van der Waals surface area contributed by atoms with Crippen LogP contribution in [0.4, 0.5) is 0 Å². The van der Waals surface area contributed by atoms with Gasteiger partial charge >= 0.3 is 6.64 Å². The van der Waals surface area contributed by atoms with Crippen LogP contribution >= 0.6 is 6.64 Å². The molecule has 1 rings (SSSR count). The molecule has 0 aromatic heterocycles. The predicted octanol–water partition coefficient (Wildman–Crippen LogP) is 3.40. The molecule has 0 bridgehead atoms. The monoisotopic (exact) mass is 257 g/mol. The second kappa shape index (κ2) is 6.92. The summed E-state index contributed by atoms with van der Waals surface area (Å²) in [5, 5.41) is 0. The van der Waals surface area contributed by atoms with E-state index in [4.69, 9.17) is 20.9 Å². The molecule has 0 saturated heterocycles. The fraction of sp³-hybridized carbons (Fsp3) is 0.364. The van der Waals surface area contributed by atoms with Crippen molar-refractivity contribution < 1.29 is 9.05 Å². The highest BCUT2D eigenvalue weighted by Gasteiger charge is 2.14. The van der Waals surface area contributed by atoms with Gasteiger partial charge < -0.3 is 9.05 Å². The Labute approximate surface area is 102 Å². The van der Waals surface area contributed by atoms with E-state index in [0.717, 1.165) is 5.56 Å². The zero-order chi connectivity index (χ0) is 11.9. The zero-order valence-corrected chi connectivity index (χ0v) is 11.2. The summed E-state index contributed by atoms with van der Waals surface area (Å²) in [6, 6.07) is 9.78. The van der Waals surface area contributed by atoms with Crippen molar-refractivity contribution in [3.05, 3.63) is 35.9 Å². The first-order valence-corrected chi connectivity index (χ1v) is 7.79. The lowest BCUT2D eigenvalue weighted by Crippen LogP contribution is -1.93. The maximum atomic E-state index is 5.40. The van der Waals surface area contributed by atoms with Crippen molar-refractivity contribution in [2.45, 2.75) is 13.8 Å². The summed E-state index contributed by atoms with van der Waals surface area (Å²) < 4.78 is 15.1. The summed E-state index contributed by atoms with van der Waals surface area (Å²) in [7, 11) is 0. The lowest BCUT2D eigenvalue weighted by atomic mass is 10.2. The van der Waals surface area contributed by atoms with E-state index in [1.807, 2.05) is 44.2 Å². The first kappa shape index (κ1) is 13.5. The normalized spacial score (nSPS) is 12.1. The molecule has 0 atom stereocenters. The van der Waals surface area contributed by atoms with Crippen molar-refractivity contribution in [2.75, 3.05) is 13.2 Å². The van der Waals surface area contributed by atoms with Crippen LogP contribution in [0.1, 0.15) is 19.4 Å². The standard InChI is InChI=1S/C11H16NO2PS/c1-3-13-15(16,14-4-2)12-10-11-8-6-5-7-9-11/h5-10H,3-4H2,1-2H3/b12-10+. The van der Waals surface area contributed by atoms with Gasteiger partial charge in [-0.05, 0) is 31.2 Å². The number of hydrogen-bond donors (Lipinski definition) is 0. The zero-order valence-electron chi connectivity index (χ0n) is 9.50. The van der Waals surface area contributed by atoms with Gasteiger partial charge in [-0.3, -0.25) is 0 Å². The van der Waals surface area contributed by atoms with Gasteiger partial charge in [0.05, 0.1) is 13.2 Å². The summed E-state index contributed by atoms with van der Waals surface area (Å²) in [5.74, 6) is 0. The molecule has 0 aliphatic rings. The summed E-state index contributed by atoms with van der Waals surface area (Å²) in [6.07, 6.45) is 1.71. The molecule has 0 N–H and O–H groups in total. The third-order valence-corrected chi connectivity index (χ3v) is 4.21. The van der Waals surface area contributed by atoms with Crippen LogP contribution in [-0.4, -0.2) is 19.4 Å². The van der Waals surface area contributed by atoms with E-state index in [1.54, 1.807) is 6.21 Å². The molecule has 1 aromatic carbocycles. The molecule has 0 saturated carbocycles. The van der Waals surface area contributed by atoms with Gasteiger partial charge in [-0.25, -0.2) is 4.76 Å². The molecule has 0 aliphatic carbocycles. The van der Waals surface area contributed by atoms with Crippen molar-refractivity contribution >= 4 is 24.7 Å². The fourth-order valence-corrected chi connectivity index (χ4v) is 3.02. The molecule has 16 heavy (non-hydrogen) atoms. The molecule has 88 valence electrons. The summed E-state index contributed by atoms with van der Waals surface area (Å²) in [5.41, 5.74) is 0.996. The van der Waals surface area contributed by atoms with Crippen molar-refractivity contribution in [2.24, 2.45) is 4.76 Å².